The van der Waals surface area contributed by atoms with Crippen LogP contribution in [-0.2, 0) is 0 Å². The minimum Gasteiger partial charge on any atom is -0.594 e. The molecular weight excluding hydrogens is 264 g/mol. The molecule has 2 rings (SSSR count). The van der Waals surface area contributed by atoms with E-state index in [1.165, 1.54) is 0 Å². The molecule has 0 radical (unpaired) electrons. The second-order valence-electron chi connectivity index (χ2n) is 4.73. The first kappa shape index (κ1) is 15.0. The van der Waals surface area contributed by atoms with Gasteiger partial charge in [-0.05, 0) is 23.4 Å². The van der Waals surface area contributed by atoms with Gasteiger partial charge in [-0.2, -0.15) is 0 Å². The number of nitrogens with zero attached hydrogens (tertiary/aromatic N) is 2. The van der Waals surface area contributed by atoms with Gasteiger partial charge in [0.1, 0.15) is 0 Å². The van der Waals surface area contributed by atoms with Gasteiger partial charge in [0.2, 0.25) is 5.69 Å². The summed E-state index contributed by atoms with van der Waals surface area (Å²) in [5, 5.41) is 16.1. The smallest absolute Gasteiger partial charge is 0.244 e. The fraction of sp³-hybridized carbons (Fsp3) is 0.294. The van der Waals surface area contributed by atoms with Crippen molar-refractivity contribution in [3.63, 3.8) is 0 Å². The highest BCUT2D eigenvalue weighted by Gasteiger charge is 2.07. The predicted molar refractivity (Wildman–Crippen MR) is 83.3 cm³/mol. The number of rotatable bonds is 7. The third kappa shape index (κ3) is 4.60. The van der Waals surface area contributed by atoms with E-state index in [9.17, 15) is 5.21 Å². The summed E-state index contributed by atoms with van der Waals surface area (Å²) in [6.45, 7) is 2.79. The zero-order valence-corrected chi connectivity index (χ0v) is 12.2. The van der Waals surface area contributed by atoms with Gasteiger partial charge in [0, 0.05) is 17.2 Å². The Hall–Kier alpha value is -2.36. The van der Waals surface area contributed by atoms with Crippen LogP contribution in [0, 0.1) is 5.21 Å². The van der Waals surface area contributed by atoms with E-state index in [1.54, 1.807) is 18.2 Å². The number of unbranched alkanes of at least 4 members (excludes halogenated alkanes) is 2. The highest BCUT2D eigenvalue weighted by molar-refractivity contribution is 5.50. The van der Waals surface area contributed by atoms with E-state index in [0.29, 0.717) is 28.6 Å². The molecule has 2 aromatic rings. The van der Waals surface area contributed by atoms with Crippen molar-refractivity contribution in [1.29, 1.82) is 0 Å². The molecule has 0 heterocycles. The monoisotopic (exact) mass is 284 g/mol. The van der Waals surface area contributed by atoms with E-state index in [2.05, 4.69) is 12.0 Å². The molecule has 21 heavy (non-hydrogen) atoms. The third-order valence-corrected chi connectivity index (χ3v) is 3.05. The summed E-state index contributed by atoms with van der Waals surface area (Å²) < 4.78 is 5.72. The molecular formula is C17H20N2O2. The number of hydrogen-bond donors (Lipinski definition) is 0. The van der Waals surface area contributed by atoms with Crippen molar-refractivity contribution < 1.29 is 9.60 Å². The van der Waals surface area contributed by atoms with Gasteiger partial charge in [0.05, 0.1) is 6.61 Å². The van der Waals surface area contributed by atoms with Crippen LogP contribution in [0.4, 0.5) is 11.4 Å². The van der Waals surface area contributed by atoms with E-state index in [1.807, 2.05) is 36.4 Å². The second-order valence-corrected chi connectivity index (χ2v) is 4.73. The number of ether oxygens (including phenoxy) is 1. The Morgan fingerprint density at radius 1 is 1.00 bits per heavy atom. The standard InChI is InChI=1S/C17H20N2O2/c1-2-3-9-14-21-17-13-8-7-12-16(17)18-19(20)15-10-5-4-6-11-15/h4-8,10-13H,2-3,9,14H2,1H3. The minimum absolute atomic E-state index is 0.498. The Bertz CT molecular complexity index is 582. The molecule has 0 saturated heterocycles. The van der Waals surface area contributed by atoms with Crippen LogP contribution >= 0.6 is 0 Å². The van der Waals surface area contributed by atoms with E-state index < -0.39 is 0 Å². The molecule has 0 unspecified atom stereocenters. The molecule has 0 atom stereocenters. The minimum atomic E-state index is 0.498. The molecule has 0 N–H and O–H groups in total. The van der Waals surface area contributed by atoms with Crippen LogP contribution in [0.5, 0.6) is 5.75 Å². The van der Waals surface area contributed by atoms with Gasteiger partial charge < -0.3 is 9.94 Å². The first-order chi connectivity index (χ1) is 10.3. The summed E-state index contributed by atoms with van der Waals surface area (Å²) in [5.41, 5.74) is 1.05. The summed E-state index contributed by atoms with van der Waals surface area (Å²) in [5.74, 6) is 0.644. The topological polar surface area (TPSA) is 47.7 Å². The van der Waals surface area contributed by atoms with Crippen molar-refractivity contribution in [3.8, 4) is 5.75 Å². The van der Waals surface area contributed by atoms with Crippen LogP contribution in [0.15, 0.2) is 59.7 Å². The SMILES string of the molecule is CCCCCOc1ccccc1N=[N+]([O-])c1ccccc1. The molecule has 0 aliphatic heterocycles. The molecule has 0 aliphatic carbocycles. The Kier molecular flexibility index (Phi) is 5.76. The normalized spacial score (nSPS) is 11.4. The zero-order chi connectivity index (χ0) is 14.9. The van der Waals surface area contributed by atoms with E-state index >= 15 is 0 Å². The first-order valence-corrected chi connectivity index (χ1v) is 7.27. The highest BCUT2D eigenvalue weighted by Crippen LogP contribution is 2.28. The van der Waals surface area contributed by atoms with Crippen molar-refractivity contribution in [1.82, 2.24) is 0 Å². The van der Waals surface area contributed by atoms with Crippen LogP contribution in [0.2, 0.25) is 0 Å². The fourth-order valence-electron chi connectivity index (χ4n) is 1.91. The van der Waals surface area contributed by atoms with Gasteiger partial charge in [-0.15, -0.1) is 0 Å². The number of azo groups is 1. The number of hydrogen-bond acceptors (Lipinski definition) is 3. The van der Waals surface area contributed by atoms with Crippen LogP contribution in [0.1, 0.15) is 26.2 Å². The van der Waals surface area contributed by atoms with Crippen molar-refractivity contribution in [2.75, 3.05) is 6.61 Å². The van der Waals surface area contributed by atoms with Crippen molar-refractivity contribution in [2.24, 2.45) is 5.11 Å². The van der Waals surface area contributed by atoms with E-state index in [-0.39, 0.29) is 0 Å². The summed E-state index contributed by atoms with van der Waals surface area (Å²) in [6, 6.07) is 16.3. The molecule has 0 saturated carbocycles. The Labute approximate surface area is 125 Å². The van der Waals surface area contributed by atoms with Gasteiger partial charge >= 0.3 is 0 Å². The molecule has 4 heteroatoms. The second kappa shape index (κ2) is 8.04. The lowest BCUT2D eigenvalue weighted by Crippen LogP contribution is -1.98. The molecule has 0 aromatic heterocycles. The molecule has 0 fully saturated rings. The van der Waals surface area contributed by atoms with Gasteiger partial charge in [-0.25, -0.2) is 0 Å². The third-order valence-electron chi connectivity index (χ3n) is 3.05. The van der Waals surface area contributed by atoms with Crippen LogP contribution in [0.25, 0.3) is 0 Å². The average Bonchev–Trinajstić information content (AvgIpc) is 2.54. The molecule has 110 valence electrons. The lowest BCUT2D eigenvalue weighted by atomic mass is 10.2. The van der Waals surface area contributed by atoms with Gasteiger partial charge in [0.25, 0.3) is 0 Å². The summed E-state index contributed by atoms with van der Waals surface area (Å²) >= 11 is 0. The Balaban J connectivity index is 2.12. The molecule has 2 aromatic carbocycles. The Morgan fingerprint density at radius 2 is 1.71 bits per heavy atom. The quantitative estimate of drug-likeness (QED) is 0.304. The highest BCUT2D eigenvalue weighted by atomic mass is 16.5. The van der Waals surface area contributed by atoms with Crippen LogP contribution in [-0.4, -0.2) is 11.5 Å². The van der Waals surface area contributed by atoms with Crippen molar-refractivity contribution in [2.45, 2.75) is 26.2 Å². The lowest BCUT2D eigenvalue weighted by molar-refractivity contribution is -0.435. The average molecular weight is 284 g/mol. The van der Waals surface area contributed by atoms with Crippen LogP contribution < -0.4 is 4.74 Å². The summed E-state index contributed by atoms with van der Waals surface area (Å²) in [4.78, 5) is 0.619. The summed E-state index contributed by atoms with van der Waals surface area (Å²) in [7, 11) is 0. The Morgan fingerprint density at radius 3 is 2.48 bits per heavy atom. The largest absolute Gasteiger partial charge is 0.594 e. The van der Waals surface area contributed by atoms with Crippen molar-refractivity contribution in [3.05, 3.63) is 59.8 Å². The van der Waals surface area contributed by atoms with E-state index in [4.69, 9.17) is 4.74 Å². The molecule has 0 aliphatic rings. The maximum atomic E-state index is 12.0. The van der Waals surface area contributed by atoms with E-state index in [0.717, 1.165) is 19.3 Å². The number of benzene rings is 2. The molecule has 0 amide bonds. The number of para-hydroxylation sites is 2. The first-order valence-electron chi connectivity index (χ1n) is 7.27. The van der Waals surface area contributed by atoms with Crippen molar-refractivity contribution >= 4 is 11.4 Å². The van der Waals surface area contributed by atoms with Crippen LogP contribution in [0.3, 0.4) is 0 Å². The zero-order valence-electron chi connectivity index (χ0n) is 12.2. The van der Waals surface area contributed by atoms with Gasteiger partial charge in [-0.1, -0.05) is 50.1 Å². The maximum absolute atomic E-state index is 12.0. The molecule has 4 nitrogen and oxygen atoms in total. The predicted octanol–water partition coefficient (Wildman–Crippen LogP) is 5.18. The molecule has 0 spiro atoms. The molecule has 0 bridgehead atoms. The van der Waals surface area contributed by atoms with Gasteiger partial charge in [-0.3, -0.25) is 0 Å². The maximum Gasteiger partial charge on any atom is 0.244 e. The fourth-order valence-corrected chi connectivity index (χ4v) is 1.91. The van der Waals surface area contributed by atoms with Gasteiger partial charge in [0.15, 0.2) is 11.4 Å². The summed E-state index contributed by atoms with van der Waals surface area (Å²) in [6.07, 6.45) is 3.29. The lowest BCUT2D eigenvalue weighted by Gasteiger charge is -2.07.